The molecule has 1 aliphatic rings. The predicted molar refractivity (Wildman–Crippen MR) is 130 cm³/mol. The number of rotatable bonds is 7. The summed E-state index contributed by atoms with van der Waals surface area (Å²) in [5.74, 6) is 1.05. The van der Waals surface area contributed by atoms with Gasteiger partial charge >= 0.3 is 0 Å². The lowest BCUT2D eigenvalue weighted by molar-refractivity contribution is -0.132. The molecule has 1 saturated heterocycles. The highest BCUT2D eigenvalue weighted by Gasteiger charge is 2.21. The highest BCUT2D eigenvalue weighted by Crippen LogP contribution is 2.29. The maximum Gasteiger partial charge on any atom is 0.223 e. The van der Waals surface area contributed by atoms with E-state index in [1.54, 1.807) is 7.11 Å². The number of carbonyl (C=O) groups is 1. The van der Waals surface area contributed by atoms with Gasteiger partial charge in [-0.3, -0.25) is 4.79 Å². The zero-order valence-electron chi connectivity index (χ0n) is 18.8. The minimum atomic E-state index is 0.233. The van der Waals surface area contributed by atoms with Crippen LogP contribution in [0.4, 0.5) is 0 Å². The van der Waals surface area contributed by atoms with Gasteiger partial charge in [0.15, 0.2) is 0 Å². The first-order valence-electron chi connectivity index (χ1n) is 11.2. The Kier molecular flexibility index (Phi) is 7.18. The summed E-state index contributed by atoms with van der Waals surface area (Å²) in [4.78, 5) is 17.3. The molecule has 1 amide bonds. The van der Waals surface area contributed by atoms with Crippen LogP contribution in [0.1, 0.15) is 19.0 Å². The Hall–Kier alpha value is -2.76. The Labute approximate surface area is 195 Å². The molecule has 6 heteroatoms. The molecular weight excluding hydrogens is 422 g/mol. The summed E-state index contributed by atoms with van der Waals surface area (Å²) in [5.41, 5.74) is 4.31. The highest BCUT2D eigenvalue weighted by atomic mass is 35.5. The lowest BCUT2D eigenvalue weighted by Crippen LogP contribution is -2.48. The molecule has 1 aromatic heterocycles. The van der Waals surface area contributed by atoms with E-state index in [9.17, 15) is 4.79 Å². The second-order valence-electron chi connectivity index (χ2n) is 8.07. The van der Waals surface area contributed by atoms with Crippen molar-refractivity contribution in [3.05, 3.63) is 71.4 Å². The van der Waals surface area contributed by atoms with Crippen molar-refractivity contribution in [1.82, 2.24) is 14.4 Å². The Morgan fingerprint density at radius 1 is 0.938 bits per heavy atom. The molecule has 168 valence electrons. The molecule has 0 atom stereocenters. The van der Waals surface area contributed by atoms with Crippen LogP contribution in [-0.2, 0) is 11.2 Å². The van der Waals surface area contributed by atoms with Crippen molar-refractivity contribution in [1.29, 1.82) is 0 Å². The van der Waals surface area contributed by atoms with Crippen molar-refractivity contribution in [2.75, 3.05) is 39.8 Å². The molecule has 4 rings (SSSR count). The topological polar surface area (TPSA) is 37.7 Å². The molecule has 1 fully saturated rings. The standard InChI is InChI=1S/C26H30ClN3O2/c1-3-28-16-18-29(19-17-28)26(31)15-11-23-10-14-25(20-4-6-21(27)7-5-20)30(23)22-8-12-24(32-2)13-9-22/h4-10,12-14H,3,11,15-19H2,1-2H3. The Bertz CT molecular complexity index is 1040. The van der Waals surface area contributed by atoms with E-state index in [2.05, 4.69) is 28.5 Å². The largest absolute Gasteiger partial charge is 0.497 e. The fourth-order valence-corrected chi connectivity index (χ4v) is 4.39. The van der Waals surface area contributed by atoms with E-state index in [1.165, 1.54) is 0 Å². The van der Waals surface area contributed by atoms with E-state index >= 15 is 0 Å². The van der Waals surface area contributed by atoms with Crippen molar-refractivity contribution in [2.45, 2.75) is 19.8 Å². The van der Waals surface area contributed by atoms with Gasteiger partial charge in [0.05, 0.1) is 12.8 Å². The number of hydrogen-bond donors (Lipinski definition) is 0. The number of piperazine rings is 1. The molecule has 2 heterocycles. The van der Waals surface area contributed by atoms with Crippen LogP contribution in [0.25, 0.3) is 16.9 Å². The average molecular weight is 452 g/mol. The van der Waals surface area contributed by atoms with E-state index in [0.717, 1.165) is 61.1 Å². The van der Waals surface area contributed by atoms with Gasteiger partial charge in [0.2, 0.25) is 5.91 Å². The van der Waals surface area contributed by atoms with Gasteiger partial charge in [0.1, 0.15) is 5.75 Å². The van der Waals surface area contributed by atoms with Gasteiger partial charge < -0.3 is 19.1 Å². The molecule has 0 spiro atoms. The van der Waals surface area contributed by atoms with E-state index in [0.29, 0.717) is 17.9 Å². The van der Waals surface area contributed by atoms with Crippen molar-refractivity contribution in [3.8, 4) is 22.7 Å². The number of aryl methyl sites for hydroxylation is 1. The predicted octanol–water partition coefficient (Wildman–Crippen LogP) is 4.90. The van der Waals surface area contributed by atoms with Gasteiger partial charge in [-0.15, -0.1) is 0 Å². The summed E-state index contributed by atoms with van der Waals surface area (Å²) in [6.07, 6.45) is 1.19. The summed E-state index contributed by atoms with van der Waals surface area (Å²) in [5, 5.41) is 0.713. The second kappa shape index (κ2) is 10.2. The Morgan fingerprint density at radius 3 is 2.25 bits per heavy atom. The number of carbonyl (C=O) groups excluding carboxylic acids is 1. The molecule has 0 aliphatic carbocycles. The molecule has 0 radical (unpaired) electrons. The number of likely N-dealkylation sites (N-methyl/N-ethyl adjacent to an activating group) is 1. The summed E-state index contributed by atoms with van der Waals surface area (Å²) in [6, 6.07) is 20.1. The van der Waals surface area contributed by atoms with Crippen LogP contribution in [0, 0.1) is 0 Å². The zero-order chi connectivity index (χ0) is 22.5. The first-order chi connectivity index (χ1) is 15.6. The van der Waals surface area contributed by atoms with Gasteiger partial charge in [0.25, 0.3) is 0 Å². The minimum Gasteiger partial charge on any atom is -0.497 e. The molecular formula is C26H30ClN3O2. The van der Waals surface area contributed by atoms with Crippen LogP contribution in [0.5, 0.6) is 5.75 Å². The number of nitrogens with zero attached hydrogens (tertiary/aromatic N) is 3. The van der Waals surface area contributed by atoms with Crippen molar-refractivity contribution in [3.63, 3.8) is 0 Å². The van der Waals surface area contributed by atoms with Gasteiger partial charge in [-0.2, -0.15) is 0 Å². The fourth-order valence-electron chi connectivity index (χ4n) is 4.26. The number of amides is 1. The van der Waals surface area contributed by atoms with Crippen molar-refractivity contribution >= 4 is 17.5 Å². The highest BCUT2D eigenvalue weighted by molar-refractivity contribution is 6.30. The number of halogens is 1. The summed E-state index contributed by atoms with van der Waals surface area (Å²) < 4.78 is 7.56. The SMILES string of the molecule is CCN1CCN(C(=O)CCc2ccc(-c3ccc(Cl)cc3)n2-c2ccc(OC)cc2)CC1. The number of benzene rings is 2. The van der Waals surface area contributed by atoms with Crippen molar-refractivity contribution < 1.29 is 9.53 Å². The van der Waals surface area contributed by atoms with E-state index in [1.807, 2.05) is 53.4 Å². The Balaban J connectivity index is 1.57. The van der Waals surface area contributed by atoms with E-state index in [-0.39, 0.29) is 5.91 Å². The molecule has 3 aromatic rings. The molecule has 0 N–H and O–H groups in total. The minimum absolute atomic E-state index is 0.233. The molecule has 5 nitrogen and oxygen atoms in total. The number of methoxy groups -OCH3 is 1. The second-order valence-corrected chi connectivity index (χ2v) is 8.50. The van der Waals surface area contributed by atoms with Crippen LogP contribution >= 0.6 is 11.6 Å². The van der Waals surface area contributed by atoms with Crippen molar-refractivity contribution in [2.24, 2.45) is 0 Å². The zero-order valence-corrected chi connectivity index (χ0v) is 19.5. The smallest absolute Gasteiger partial charge is 0.223 e. The van der Waals surface area contributed by atoms with Gasteiger partial charge in [-0.05, 0) is 67.1 Å². The lowest BCUT2D eigenvalue weighted by Gasteiger charge is -2.34. The van der Waals surface area contributed by atoms with Crippen LogP contribution in [0.2, 0.25) is 5.02 Å². The normalized spacial score (nSPS) is 14.5. The Morgan fingerprint density at radius 2 is 1.62 bits per heavy atom. The average Bonchev–Trinajstić information content (AvgIpc) is 3.27. The lowest BCUT2D eigenvalue weighted by atomic mass is 10.1. The van der Waals surface area contributed by atoms with Gasteiger partial charge in [-0.1, -0.05) is 30.7 Å². The molecule has 32 heavy (non-hydrogen) atoms. The third-order valence-electron chi connectivity index (χ3n) is 6.20. The maximum atomic E-state index is 12.9. The summed E-state index contributed by atoms with van der Waals surface area (Å²) >= 11 is 6.11. The fraction of sp³-hybridized carbons (Fsp3) is 0.346. The van der Waals surface area contributed by atoms with Gasteiger partial charge in [0, 0.05) is 49.0 Å². The monoisotopic (exact) mass is 451 g/mol. The maximum absolute atomic E-state index is 12.9. The summed E-state index contributed by atoms with van der Waals surface area (Å²) in [7, 11) is 1.67. The number of hydrogen-bond acceptors (Lipinski definition) is 3. The third-order valence-corrected chi connectivity index (χ3v) is 6.45. The molecule has 1 aliphatic heterocycles. The van der Waals surface area contributed by atoms with Crippen LogP contribution in [0.3, 0.4) is 0 Å². The first kappa shape index (κ1) is 22.4. The quantitative estimate of drug-likeness (QED) is 0.512. The molecule has 0 bridgehead atoms. The van der Waals surface area contributed by atoms with Crippen LogP contribution in [-0.4, -0.2) is 60.1 Å². The van der Waals surface area contributed by atoms with E-state index in [4.69, 9.17) is 16.3 Å². The molecule has 2 aromatic carbocycles. The van der Waals surface area contributed by atoms with E-state index < -0.39 is 0 Å². The van der Waals surface area contributed by atoms with Crippen LogP contribution in [0.15, 0.2) is 60.7 Å². The summed E-state index contributed by atoms with van der Waals surface area (Å²) in [6.45, 7) is 6.79. The first-order valence-corrected chi connectivity index (χ1v) is 11.6. The third kappa shape index (κ3) is 5.00. The number of aromatic nitrogens is 1. The molecule has 0 unspecified atom stereocenters. The number of ether oxygens (including phenoxy) is 1. The van der Waals surface area contributed by atoms with Gasteiger partial charge in [-0.25, -0.2) is 0 Å². The van der Waals surface area contributed by atoms with Crippen LogP contribution < -0.4 is 4.74 Å². The molecule has 0 saturated carbocycles.